The summed E-state index contributed by atoms with van der Waals surface area (Å²) in [7, 11) is -3.56. The summed E-state index contributed by atoms with van der Waals surface area (Å²) in [5, 5.41) is 4.48. The Balaban J connectivity index is 1.81. The second kappa shape index (κ2) is 8.67. The molecule has 158 valence electrons. The van der Waals surface area contributed by atoms with Crippen molar-refractivity contribution in [2.45, 2.75) is 52.0 Å². The van der Waals surface area contributed by atoms with Gasteiger partial charge in [0.05, 0.1) is 17.9 Å². The van der Waals surface area contributed by atoms with Gasteiger partial charge in [-0.2, -0.15) is 9.40 Å². The van der Waals surface area contributed by atoms with E-state index >= 15 is 0 Å². The van der Waals surface area contributed by atoms with Crippen LogP contribution in [-0.2, 0) is 16.6 Å². The number of likely N-dealkylation sites (tertiary alicyclic amines) is 1. The zero-order valence-corrected chi connectivity index (χ0v) is 18.5. The van der Waals surface area contributed by atoms with Gasteiger partial charge in [-0.3, -0.25) is 9.48 Å². The van der Waals surface area contributed by atoms with E-state index in [-0.39, 0.29) is 5.91 Å². The Morgan fingerprint density at radius 2 is 1.66 bits per heavy atom. The average Bonchev–Trinajstić information content (AvgIpc) is 3.31. The summed E-state index contributed by atoms with van der Waals surface area (Å²) in [5.74, 6) is 0.0766. The largest absolute Gasteiger partial charge is 0.339 e. The first kappa shape index (κ1) is 21.5. The molecule has 0 unspecified atom stereocenters. The molecule has 1 saturated heterocycles. The molecule has 1 amide bonds. The van der Waals surface area contributed by atoms with Gasteiger partial charge in [-0.1, -0.05) is 26.0 Å². The van der Waals surface area contributed by atoms with Crippen LogP contribution in [-0.4, -0.2) is 59.5 Å². The predicted molar refractivity (Wildman–Crippen MR) is 112 cm³/mol. The molecule has 29 heavy (non-hydrogen) atoms. The van der Waals surface area contributed by atoms with Crippen LogP contribution in [0.15, 0.2) is 29.2 Å². The van der Waals surface area contributed by atoms with Crippen LogP contribution in [0.2, 0.25) is 0 Å². The number of aryl methyl sites for hydroxylation is 1. The van der Waals surface area contributed by atoms with E-state index in [0.717, 1.165) is 31.5 Å². The maximum atomic E-state index is 13.0. The summed E-state index contributed by atoms with van der Waals surface area (Å²) < 4.78 is 29.1. The number of nitrogens with zero attached hydrogens (tertiary/aromatic N) is 4. The Labute approximate surface area is 173 Å². The third-order valence-corrected chi connectivity index (χ3v) is 7.85. The van der Waals surface area contributed by atoms with Crippen LogP contribution in [0.1, 0.15) is 54.0 Å². The van der Waals surface area contributed by atoms with Crippen LogP contribution in [0.25, 0.3) is 0 Å². The number of rotatable bonds is 7. The fourth-order valence-electron chi connectivity index (χ4n) is 3.93. The molecule has 7 nitrogen and oxygen atoms in total. The topological polar surface area (TPSA) is 75.5 Å². The molecule has 1 aliphatic heterocycles. The number of sulfonamides is 1. The normalized spacial score (nSPS) is 14.7. The van der Waals surface area contributed by atoms with Crippen molar-refractivity contribution in [3.05, 3.63) is 46.8 Å². The van der Waals surface area contributed by atoms with Crippen LogP contribution < -0.4 is 0 Å². The fourth-order valence-corrected chi connectivity index (χ4v) is 5.76. The number of carbonyl (C=O) groups is 1. The number of carbonyl (C=O) groups excluding carboxylic acids is 1. The molecule has 0 bridgehead atoms. The number of aromatic nitrogens is 2. The number of amides is 1. The lowest BCUT2D eigenvalue weighted by Gasteiger charge is -2.18. The van der Waals surface area contributed by atoms with E-state index in [1.54, 1.807) is 18.5 Å². The summed E-state index contributed by atoms with van der Waals surface area (Å²) in [6.45, 7) is 10.2. The van der Waals surface area contributed by atoms with Gasteiger partial charge in [-0.25, -0.2) is 8.42 Å². The van der Waals surface area contributed by atoms with Crippen molar-refractivity contribution >= 4 is 15.9 Å². The summed E-state index contributed by atoms with van der Waals surface area (Å²) in [6, 6.07) is 7.51. The zero-order chi connectivity index (χ0) is 21.2. The van der Waals surface area contributed by atoms with Gasteiger partial charge in [0.2, 0.25) is 10.0 Å². The first-order valence-corrected chi connectivity index (χ1v) is 11.7. The lowest BCUT2D eigenvalue weighted by molar-refractivity contribution is 0.0793. The van der Waals surface area contributed by atoms with Crippen LogP contribution >= 0.6 is 0 Å². The standard InChI is InChI=1S/C21H30N4O3S/c1-5-24(6-2)29(27,28)20-16(3)22-25(17(20)4)15-18-9-11-19(12-10-18)21(26)23-13-7-8-14-23/h9-12H,5-8,13-15H2,1-4H3. The minimum absolute atomic E-state index is 0.0766. The fraction of sp³-hybridized carbons (Fsp3) is 0.524. The van der Waals surface area contributed by atoms with Crippen LogP contribution in [0.3, 0.4) is 0 Å². The number of benzene rings is 1. The molecule has 1 aliphatic rings. The van der Waals surface area contributed by atoms with Crippen molar-refractivity contribution in [3.8, 4) is 0 Å². The van der Waals surface area contributed by atoms with E-state index in [4.69, 9.17) is 0 Å². The van der Waals surface area contributed by atoms with E-state index in [0.29, 0.717) is 41.5 Å². The maximum Gasteiger partial charge on any atom is 0.253 e. The van der Waals surface area contributed by atoms with Gasteiger partial charge in [0, 0.05) is 31.7 Å². The molecular formula is C21H30N4O3S. The Morgan fingerprint density at radius 3 is 2.21 bits per heavy atom. The smallest absolute Gasteiger partial charge is 0.253 e. The Bertz CT molecular complexity index is 970. The maximum absolute atomic E-state index is 13.0. The second-order valence-corrected chi connectivity index (χ2v) is 9.32. The van der Waals surface area contributed by atoms with E-state index in [2.05, 4.69) is 5.10 Å². The van der Waals surface area contributed by atoms with E-state index in [9.17, 15) is 13.2 Å². The number of hydrogen-bond acceptors (Lipinski definition) is 4. The van der Waals surface area contributed by atoms with Crippen molar-refractivity contribution in [3.63, 3.8) is 0 Å². The zero-order valence-electron chi connectivity index (χ0n) is 17.7. The summed E-state index contributed by atoms with van der Waals surface area (Å²) in [5.41, 5.74) is 2.80. The van der Waals surface area contributed by atoms with E-state index in [1.807, 2.05) is 43.0 Å². The van der Waals surface area contributed by atoms with Crippen molar-refractivity contribution in [2.75, 3.05) is 26.2 Å². The highest BCUT2D eigenvalue weighted by Gasteiger charge is 2.29. The van der Waals surface area contributed by atoms with Crippen molar-refractivity contribution in [1.29, 1.82) is 0 Å². The quantitative estimate of drug-likeness (QED) is 0.693. The van der Waals surface area contributed by atoms with Crippen molar-refractivity contribution in [1.82, 2.24) is 19.0 Å². The van der Waals surface area contributed by atoms with Gasteiger partial charge in [0.25, 0.3) is 5.91 Å². The lowest BCUT2D eigenvalue weighted by Crippen LogP contribution is -2.31. The second-order valence-electron chi connectivity index (χ2n) is 7.44. The lowest BCUT2D eigenvalue weighted by atomic mass is 10.1. The van der Waals surface area contributed by atoms with Gasteiger partial charge in [-0.15, -0.1) is 0 Å². The first-order valence-electron chi connectivity index (χ1n) is 10.2. The van der Waals surface area contributed by atoms with Crippen molar-refractivity contribution in [2.24, 2.45) is 0 Å². The molecule has 8 heteroatoms. The summed E-state index contributed by atoms with van der Waals surface area (Å²) in [6.07, 6.45) is 2.14. The highest BCUT2D eigenvalue weighted by molar-refractivity contribution is 7.89. The molecule has 2 aromatic rings. The van der Waals surface area contributed by atoms with Crippen LogP contribution in [0, 0.1) is 13.8 Å². The van der Waals surface area contributed by atoms with E-state index in [1.165, 1.54) is 4.31 Å². The molecule has 1 aromatic carbocycles. The van der Waals surface area contributed by atoms with Gasteiger partial charge in [0.15, 0.2) is 0 Å². The van der Waals surface area contributed by atoms with Gasteiger partial charge < -0.3 is 4.90 Å². The molecule has 0 aliphatic carbocycles. The Morgan fingerprint density at radius 1 is 1.07 bits per heavy atom. The molecule has 3 rings (SSSR count). The first-order chi connectivity index (χ1) is 13.8. The van der Waals surface area contributed by atoms with Crippen molar-refractivity contribution < 1.29 is 13.2 Å². The molecule has 2 heterocycles. The molecule has 0 radical (unpaired) electrons. The monoisotopic (exact) mass is 418 g/mol. The Kier molecular flexibility index (Phi) is 6.43. The predicted octanol–water partition coefficient (Wildman–Crippen LogP) is 2.81. The highest BCUT2D eigenvalue weighted by atomic mass is 32.2. The SMILES string of the molecule is CCN(CC)S(=O)(=O)c1c(C)nn(Cc2ccc(C(=O)N3CCCC3)cc2)c1C. The summed E-state index contributed by atoms with van der Waals surface area (Å²) >= 11 is 0. The third kappa shape index (κ3) is 4.23. The molecular weight excluding hydrogens is 388 g/mol. The molecule has 1 fully saturated rings. The molecule has 1 aromatic heterocycles. The van der Waals surface area contributed by atoms with E-state index < -0.39 is 10.0 Å². The third-order valence-electron chi connectivity index (χ3n) is 5.54. The van der Waals surface area contributed by atoms with Gasteiger partial charge in [-0.05, 0) is 44.4 Å². The minimum atomic E-state index is -3.56. The average molecular weight is 419 g/mol. The molecule has 0 saturated carbocycles. The Hall–Kier alpha value is -2.19. The molecule has 0 atom stereocenters. The van der Waals surface area contributed by atoms with Gasteiger partial charge in [0.1, 0.15) is 4.90 Å². The molecule has 0 spiro atoms. The van der Waals surface area contributed by atoms with Crippen LogP contribution in [0.4, 0.5) is 0 Å². The number of hydrogen-bond donors (Lipinski definition) is 0. The molecule has 0 N–H and O–H groups in total. The van der Waals surface area contributed by atoms with Crippen LogP contribution in [0.5, 0.6) is 0 Å². The minimum Gasteiger partial charge on any atom is -0.339 e. The highest BCUT2D eigenvalue weighted by Crippen LogP contribution is 2.24. The van der Waals surface area contributed by atoms with Gasteiger partial charge >= 0.3 is 0 Å². The summed E-state index contributed by atoms with van der Waals surface area (Å²) in [4.78, 5) is 14.7.